The summed E-state index contributed by atoms with van der Waals surface area (Å²) in [5.74, 6) is -0.500. The number of anilines is 1. The molecule has 3 aromatic carbocycles. The Morgan fingerprint density at radius 2 is 1.74 bits per heavy atom. The molecule has 7 nitrogen and oxygen atoms in total. The van der Waals surface area contributed by atoms with Crippen molar-refractivity contribution >= 4 is 26.6 Å². The standard InChI is InChI=1S/C27H27F3N4O3S/c1-18-25-16-21(8-9-26(25)34(31-18)22-13-20(27(28,29)30)14-24(35)15-22)33-11-10-32(38(2,36)37)17-23(33)12-19-6-4-3-5-7-19/h3-9,13-16,23,35H,10-12,17H2,1-2H3/t23-/m1/s1. The van der Waals surface area contributed by atoms with Crippen molar-refractivity contribution in [2.24, 2.45) is 0 Å². The quantitative estimate of drug-likeness (QED) is 0.392. The van der Waals surface area contributed by atoms with Crippen molar-refractivity contribution < 1.29 is 26.7 Å². The lowest BCUT2D eigenvalue weighted by Crippen LogP contribution is -2.55. The molecule has 1 fully saturated rings. The van der Waals surface area contributed by atoms with E-state index in [2.05, 4.69) is 10.00 Å². The van der Waals surface area contributed by atoms with Gasteiger partial charge < -0.3 is 10.0 Å². The summed E-state index contributed by atoms with van der Waals surface area (Å²) in [4.78, 5) is 2.18. The molecule has 1 aromatic heterocycles. The lowest BCUT2D eigenvalue weighted by atomic mass is 10.0. The number of fused-ring (bicyclic) bond motifs is 1. The van der Waals surface area contributed by atoms with E-state index in [-0.39, 0.29) is 11.7 Å². The second-order valence-corrected chi connectivity index (χ2v) is 11.6. The van der Waals surface area contributed by atoms with Crippen molar-refractivity contribution in [3.05, 3.63) is 83.6 Å². The first-order chi connectivity index (χ1) is 17.9. The van der Waals surface area contributed by atoms with Gasteiger partial charge >= 0.3 is 6.18 Å². The van der Waals surface area contributed by atoms with Crippen LogP contribution in [0.1, 0.15) is 16.8 Å². The van der Waals surface area contributed by atoms with E-state index in [0.29, 0.717) is 43.3 Å². The number of halogens is 3. The topological polar surface area (TPSA) is 78.7 Å². The zero-order valence-corrected chi connectivity index (χ0v) is 21.7. The van der Waals surface area contributed by atoms with E-state index in [1.807, 2.05) is 42.5 Å². The second-order valence-electron chi connectivity index (χ2n) is 9.59. The maximum absolute atomic E-state index is 13.3. The number of phenols is 1. The number of alkyl halides is 3. The molecule has 1 aliphatic rings. The fraction of sp³-hybridized carbons (Fsp3) is 0.296. The van der Waals surface area contributed by atoms with E-state index in [4.69, 9.17) is 0 Å². The Labute approximate surface area is 218 Å². The minimum absolute atomic E-state index is 0.104. The van der Waals surface area contributed by atoms with Gasteiger partial charge in [0.05, 0.1) is 28.7 Å². The van der Waals surface area contributed by atoms with Gasteiger partial charge in [-0.3, -0.25) is 0 Å². The summed E-state index contributed by atoms with van der Waals surface area (Å²) >= 11 is 0. The third-order valence-electron chi connectivity index (χ3n) is 6.88. The van der Waals surface area contributed by atoms with Crippen LogP contribution >= 0.6 is 0 Å². The fourth-order valence-corrected chi connectivity index (χ4v) is 5.90. The number of hydrogen-bond acceptors (Lipinski definition) is 5. The van der Waals surface area contributed by atoms with E-state index >= 15 is 0 Å². The van der Waals surface area contributed by atoms with Crippen molar-refractivity contribution in [2.45, 2.75) is 25.6 Å². The normalized spacial score (nSPS) is 17.3. The summed E-state index contributed by atoms with van der Waals surface area (Å²) in [5.41, 5.74) is 2.32. The maximum atomic E-state index is 13.3. The average molecular weight is 545 g/mol. The SMILES string of the molecule is Cc1nn(-c2cc(O)cc(C(F)(F)F)c2)c2ccc(N3CCN(S(C)(=O)=O)C[C@H]3Cc3ccccc3)cc12. The van der Waals surface area contributed by atoms with Crippen molar-refractivity contribution in [2.75, 3.05) is 30.8 Å². The summed E-state index contributed by atoms with van der Waals surface area (Å²) in [7, 11) is -3.35. The average Bonchev–Trinajstić information content (AvgIpc) is 3.19. The van der Waals surface area contributed by atoms with Crippen LogP contribution in [0.15, 0.2) is 66.7 Å². The van der Waals surface area contributed by atoms with Gasteiger partial charge in [-0.25, -0.2) is 13.1 Å². The minimum Gasteiger partial charge on any atom is -0.508 e. The molecule has 38 heavy (non-hydrogen) atoms. The van der Waals surface area contributed by atoms with Crippen LogP contribution in [0.25, 0.3) is 16.6 Å². The van der Waals surface area contributed by atoms with Gasteiger partial charge in [0.1, 0.15) is 5.75 Å². The molecule has 0 unspecified atom stereocenters. The predicted molar refractivity (Wildman–Crippen MR) is 140 cm³/mol. The van der Waals surface area contributed by atoms with E-state index in [0.717, 1.165) is 22.7 Å². The summed E-state index contributed by atoms with van der Waals surface area (Å²) in [6.07, 6.45) is -2.75. The molecule has 0 bridgehead atoms. The summed E-state index contributed by atoms with van der Waals surface area (Å²) in [6.45, 7) is 2.96. The van der Waals surface area contributed by atoms with Crippen LogP contribution < -0.4 is 4.90 Å². The van der Waals surface area contributed by atoms with E-state index in [9.17, 15) is 26.7 Å². The van der Waals surface area contributed by atoms with Gasteiger partial charge in [-0.15, -0.1) is 0 Å². The monoisotopic (exact) mass is 544 g/mol. The molecule has 1 aliphatic heterocycles. The van der Waals surface area contributed by atoms with Crippen LogP contribution in [0, 0.1) is 6.92 Å². The minimum atomic E-state index is -4.61. The molecule has 0 spiro atoms. The number of hydrogen-bond donors (Lipinski definition) is 1. The van der Waals surface area contributed by atoms with Crippen LogP contribution in [-0.4, -0.2) is 59.5 Å². The molecule has 5 rings (SSSR count). The second kappa shape index (κ2) is 9.63. The molecule has 0 radical (unpaired) electrons. The first kappa shape index (κ1) is 26.1. The largest absolute Gasteiger partial charge is 0.508 e. The number of piperazine rings is 1. The Morgan fingerprint density at radius 3 is 2.42 bits per heavy atom. The molecule has 1 saturated heterocycles. The van der Waals surface area contributed by atoms with Crippen LogP contribution in [0.4, 0.5) is 18.9 Å². The molecule has 0 saturated carbocycles. The highest BCUT2D eigenvalue weighted by Gasteiger charge is 2.33. The maximum Gasteiger partial charge on any atom is 0.416 e. The number of aryl methyl sites for hydroxylation is 1. The summed E-state index contributed by atoms with van der Waals surface area (Å²) < 4.78 is 67.5. The van der Waals surface area contributed by atoms with E-state index < -0.39 is 27.5 Å². The van der Waals surface area contributed by atoms with Gasteiger partial charge in [-0.05, 0) is 49.2 Å². The van der Waals surface area contributed by atoms with Gasteiger partial charge in [-0.2, -0.15) is 22.6 Å². The van der Waals surface area contributed by atoms with Gasteiger partial charge in [0.25, 0.3) is 0 Å². The fourth-order valence-electron chi connectivity index (χ4n) is 5.04. The highest BCUT2D eigenvalue weighted by atomic mass is 32.2. The number of aromatic nitrogens is 2. The Kier molecular flexibility index (Phi) is 6.60. The Bertz CT molecular complexity index is 1590. The smallest absolute Gasteiger partial charge is 0.416 e. The molecule has 4 aromatic rings. The summed E-state index contributed by atoms with van der Waals surface area (Å²) in [5, 5.41) is 15.2. The number of aromatic hydroxyl groups is 1. The zero-order chi connectivity index (χ0) is 27.2. The molecule has 0 amide bonds. The Morgan fingerprint density at radius 1 is 1.00 bits per heavy atom. The number of phenolic OH excluding ortho intramolecular Hbond substituents is 1. The molecule has 2 heterocycles. The van der Waals surface area contributed by atoms with Crippen LogP contribution in [-0.2, 0) is 22.6 Å². The number of nitrogens with zero attached hydrogens (tertiary/aromatic N) is 4. The van der Waals surface area contributed by atoms with E-state index in [1.165, 1.54) is 21.3 Å². The first-order valence-corrected chi connectivity index (χ1v) is 13.9. The van der Waals surface area contributed by atoms with E-state index in [1.54, 1.807) is 13.0 Å². The van der Waals surface area contributed by atoms with Crippen molar-refractivity contribution in [3.63, 3.8) is 0 Å². The van der Waals surface area contributed by atoms with Gasteiger partial charge in [0.15, 0.2) is 0 Å². The van der Waals surface area contributed by atoms with Crippen molar-refractivity contribution in [1.29, 1.82) is 0 Å². The van der Waals surface area contributed by atoms with Gasteiger partial charge in [0.2, 0.25) is 10.0 Å². The molecular formula is C27H27F3N4O3S. The zero-order valence-electron chi connectivity index (χ0n) is 20.9. The number of sulfonamides is 1. The third-order valence-corrected chi connectivity index (χ3v) is 8.15. The van der Waals surface area contributed by atoms with Gasteiger partial charge in [-0.1, -0.05) is 30.3 Å². The highest BCUT2D eigenvalue weighted by Crippen LogP contribution is 2.35. The highest BCUT2D eigenvalue weighted by molar-refractivity contribution is 7.88. The molecule has 1 atom stereocenters. The first-order valence-electron chi connectivity index (χ1n) is 12.1. The number of benzene rings is 3. The Hall–Kier alpha value is -3.57. The number of rotatable bonds is 5. The van der Waals surface area contributed by atoms with Crippen molar-refractivity contribution in [1.82, 2.24) is 14.1 Å². The predicted octanol–water partition coefficient (Wildman–Crippen LogP) is 4.75. The van der Waals surface area contributed by atoms with Crippen molar-refractivity contribution in [3.8, 4) is 11.4 Å². The Balaban J connectivity index is 1.53. The lowest BCUT2D eigenvalue weighted by Gasteiger charge is -2.42. The summed E-state index contributed by atoms with van der Waals surface area (Å²) in [6, 6.07) is 18.2. The third kappa shape index (κ3) is 5.21. The van der Waals surface area contributed by atoms with Crippen LogP contribution in [0.3, 0.4) is 0 Å². The molecule has 200 valence electrons. The van der Waals surface area contributed by atoms with Crippen LogP contribution in [0.2, 0.25) is 0 Å². The van der Waals surface area contributed by atoms with Crippen LogP contribution in [0.5, 0.6) is 5.75 Å². The molecular weight excluding hydrogens is 517 g/mol. The molecule has 1 N–H and O–H groups in total. The molecule has 11 heteroatoms. The van der Waals surface area contributed by atoms with Gasteiger partial charge in [0, 0.05) is 42.8 Å². The lowest BCUT2D eigenvalue weighted by molar-refractivity contribution is -0.137. The molecule has 0 aliphatic carbocycles.